The van der Waals surface area contributed by atoms with E-state index < -0.39 is 0 Å². The highest BCUT2D eigenvalue weighted by Gasteiger charge is 2.16. The second kappa shape index (κ2) is 7.87. The Labute approximate surface area is 153 Å². The molecule has 25 heavy (non-hydrogen) atoms. The van der Waals surface area contributed by atoms with E-state index in [1.807, 2.05) is 13.0 Å². The number of nitrogens with one attached hydrogen (secondary N) is 2. The molecule has 1 aliphatic rings. The summed E-state index contributed by atoms with van der Waals surface area (Å²) in [5, 5.41) is 18.0. The summed E-state index contributed by atoms with van der Waals surface area (Å²) >= 11 is 1.71. The highest BCUT2D eigenvalue weighted by atomic mass is 32.1. The Kier molecular flexibility index (Phi) is 5.58. The van der Waals surface area contributed by atoms with Crippen molar-refractivity contribution in [2.24, 2.45) is 4.99 Å². The van der Waals surface area contributed by atoms with Gasteiger partial charge in [0.2, 0.25) is 0 Å². The van der Waals surface area contributed by atoms with Crippen LogP contribution in [0.2, 0.25) is 0 Å². The number of aromatic nitrogens is 1. The number of hydrogen-bond acceptors (Lipinski definition) is 4. The number of phenols is 1. The first-order chi connectivity index (χ1) is 12.1. The van der Waals surface area contributed by atoms with E-state index in [9.17, 15) is 5.11 Å². The molecule has 0 bridgehead atoms. The monoisotopic (exact) mass is 358 g/mol. The van der Waals surface area contributed by atoms with Crippen molar-refractivity contribution in [3.63, 3.8) is 0 Å². The predicted octanol–water partition coefficient (Wildman–Crippen LogP) is 3.21. The fourth-order valence-corrected chi connectivity index (χ4v) is 4.13. The second-order valence-corrected chi connectivity index (χ2v) is 7.72. The van der Waals surface area contributed by atoms with Gasteiger partial charge in [0.15, 0.2) is 5.96 Å². The first-order valence-corrected chi connectivity index (χ1v) is 9.60. The van der Waals surface area contributed by atoms with Gasteiger partial charge in [-0.15, -0.1) is 11.3 Å². The average molecular weight is 359 g/mol. The number of phenolic OH excluding ortho intramolecular Hbond substituents is 1. The topological polar surface area (TPSA) is 69.5 Å². The molecule has 1 aromatic heterocycles. The zero-order valence-corrected chi connectivity index (χ0v) is 16.0. The van der Waals surface area contributed by atoms with Crippen LogP contribution in [0.3, 0.4) is 0 Å². The largest absolute Gasteiger partial charge is 0.508 e. The number of rotatable bonds is 4. The number of benzene rings is 1. The lowest BCUT2D eigenvalue weighted by atomic mass is 9.88. The molecule has 6 heteroatoms. The highest BCUT2D eigenvalue weighted by Crippen LogP contribution is 2.30. The van der Waals surface area contributed by atoms with Gasteiger partial charge in [0.05, 0.1) is 12.2 Å². The Morgan fingerprint density at radius 2 is 1.96 bits per heavy atom. The van der Waals surface area contributed by atoms with Crippen molar-refractivity contribution in [2.75, 3.05) is 7.05 Å². The Balaban J connectivity index is 1.63. The first kappa shape index (κ1) is 17.7. The van der Waals surface area contributed by atoms with Crippen LogP contribution in [0.1, 0.15) is 45.1 Å². The Morgan fingerprint density at radius 3 is 2.68 bits per heavy atom. The van der Waals surface area contributed by atoms with Crippen molar-refractivity contribution in [1.82, 2.24) is 15.6 Å². The number of fused-ring (bicyclic) bond motifs is 1. The number of guanidine groups is 1. The van der Waals surface area contributed by atoms with E-state index in [1.165, 1.54) is 28.8 Å². The number of aryl methyl sites for hydroxylation is 3. The van der Waals surface area contributed by atoms with E-state index in [-0.39, 0.29) is 0 Å². The maximum Gasteiger partial charge on any atom is 0.191 e. The van der Waals surface area contributed by atoms with Crippen molar-refractivity contribution in [3.8, 4) is 5.75 Å². The molecule has 1 aromatic carbocycles. The van der Waals surface area contributed by atoms with Gasteiger partial charge in [0.25, 0.3) is 0 Å². The average Bonchev–Trinajstić information content (AvgIpc) is 2.94. The van der Waals surface area contributed by atoms with E-state index in [0.29, 0.717) is 18.8 Å². The Bertz CT molecular complexity index is 762. The van der Waals surface area contributed by atoms with E-state index >= 15 is 0 Å². The van der Waals surface area contributed by atoms with Crippen LogP contribution in [0.25, 0.3) is 0 Å². The van der Waals surface area contributed by atoms with Gasteiger partial charge in [-0.1, -0.05) is 6.07 Å². The fourth-order valence-electron chi connectivity index (χ4n) is 3.26. The van der Waals surface area contributed by atoms with Crippen molar-refractivity contribution in [1.29, 1.82) is 0 Å². The molecule has 0 atom stereocenters. The summed E-state index contributed by atoms with van der Waals surface area (Å²) in [5.74, 6) is 1.09. The van der Waals surface area contributed by atoms with E-state index in [4.69, 9.17) is 0 Å². The SMILES string of the molecule is CN=C(NCc1nc(C)c(C)s1)NCc1c(O)ccc2c1CCCC2. The Hall–Kier alpha value is -2.08. The third kappa shape index (κ3) is 4.12. The molecule has 0 saturated carbocycles. The zero-order chi connectivity index (χ0) is 17.8. The van der Waals surface area contributed by atoms with Crippen LogP contribution in [-0.2, 0) is 25.9 Å². The molecule has 2 aromatic rings. The molecule has 3 N–H and O–H groups in total. The van der Waals surface area contributed by atoms with Gasteiger partial charge in [0.1, 0.15) is 10.8 Å². The van der Waals surface area contributed by atoms with Gasteiger partial charge in [-0.2, -0.15) is 0 Å². The number of thiazole rings is 1. The molecule has 1 heterocycles. The molecule has 0 saturated heterocycles. The van der Waals surface area contributed by atoms with E-state index in [2.05, 4.69) is 33.6 Å². The maximum atomic E-state index is 10.3. The summed E-state index contributed by atoms with van der Waals surface area (Å²) < 4.78 is 0. The molecule has 0 fully saturated rings. The van der Waals surface area contributed by atoms with E-state index in [1.54, 1.807) is 18.4 Å². The minimum Gasteiger partial charge on any atom is -0.508 e. The third-order valence-corrected chi connectivity index (χ3v) is 5.84. The smallest absolute Gasteiger partial charge is 0.191 e. The molecule has 3 rings (SSSR count). The number of hydrogen-bond donors (Lipinski definition) is 3. The second-order valence-electron chi connectivity index (χ2n) is 6.44. The van der Waals surface area contributed by atoms with Crippen LogP contribution in [0.4, 0.5) is 0 Å². The van der Waals surface area contributed by atoms with Crippen LogP contribution in [-0.4, -0.2) is 23.1 Å². The van der Waals surface area contributed by atoms with Crippen molar-refractivity contribution < 1.29 is 5.11 Å². The molecule has 5 nitrogen and oxygen atoms in total. The third-order valence-electron chi connectivity index (χ3n) is 4.76. The summed E-state index contributed by atoms with van der Waals surface area (Å²) in [6.07, 6.45) is 4.59. The maximum absolute atomic E-state index is 10.3. The van der Waals surface area contributed by atoms with E-state index in [0.717, 1.165) is 35.1 Å². The van der Waals surface area contributed by atoms with Crippen LogP contribution in [0.15, 0.2) is 17.1 Å². The minimum atomic E-state index is 0.370. The molecular weight excluding hydrogens is 332 g/mol. The summed E-state index contributed by atoms with van der Waals surface area (Å²) in [7, 11) is 1.76. The molecule has 0 amide bonds. The molecule has 0 unspecified atom stereocenters. The lowest BCUT2D eigenvalue weighted by molar-refractivity contribution is 0.464. The van der Waals surface area contributed by atoms with Gasteiger partial charge in [0, 0.05) is 24.0 Å². The van der Waals surface area contributed by atoms with Gasteiger partial charge < -0.3 is 15.7 Å². The van der Waals surface area contributed by atoms with Crippen molar-refractivity contribution >= 4 is 17.3 Å². The van der Waals surface area contributed by atoms with Crippen LogP contribution in [0.5, 0.6) is 5.75 Å². The number of nitrogens with zero attached hydrogens (tertiary/aromatic N) is 2. The summed E-state index contributed by atoms with van der Waals surface area (Å²) in [5.41, 5.74) is 4.77. The predicted molar refractivity (Wildman–Crippen MR) is 103 cm³/mol. The first-order valence-electron chi connectivity index (χ1n) is 8.78. The summed E-state index contributed by atoms with van der Waals surface area (Å²) in [4.78, 5) is 10.1. The molecule has 134 valence electrons. The zero-order valence-electron chi connectivity index (χ0n) is 15.1. The van der Waals surface area contributed by atoms with Crippen molar-refractivity contribution in [2.45, 2.75) is 52.6 Å². The Morgan fingerprint density at radius 1 is 1.20 bits per heavy atom. The quantitative estimate of drug-likeness (QED) is 0.580. The number of aliphatic imine (C=N–C) groups is 1. The van der Waals surface area contributed by atoms with Gasteiger partial charge in [-0.3, -0.25) is 4.99 Å². The van der Waals surface area contributed by atoms with Gasteiger partial charge in [-0.05, 0) is 56.7 Å². The van der Waals surface area contributed by atoms with Crippen LogP contribution < -0.4 is 10.6 Å². The molecule has 0 radical (unpaired) electrons. The van der Waals surface area contributed by atoms with Gasteiger partial charge >= 0.3 is 0 Å². The number of aromatic hydroxyl groups is 1. The van der Waals surface area contributed by atoms with Gasteiger partial charge in [-0.25, -0.2) is 4.98 Å². The lowest BCUT2D eigenvalue weighted by Gasteiger charge is -2.21. The normalized spacial score (nSPS) is 14.3. The van der Waals surface area contributed by atoms with Crippen molar-refractivity contribution in [3.05, 3.63) is 44.4 Å². The standard InChI is InChI=1S/C19H26N4OS/c1-12-13(2)25-18(23-12)11-22-19(20-3)21-10-16-15-7-5-4-6-14(15)8-9-17(16)24/h8-9,24H,4-7,10-11H2,1-3H3,(H2,20,21,22). The fraction of sp³-hybridized carbons (Fsp3) is 0.474. The van der Waals surface area contributed by atoms with Crippen LogP contribution in [0, 0.1) is 13.8 Å². The summed E-state index contributed by atoms with van der Waals surface area (Å²) in [6.45, 7) is 5.34. The molecule has 1 aliphatic carbocycles. The highest BCUT2D eigenvalue weighted by molar-refractivity contribution is 7.11. The minimum absolute atomic E-state index is 0.370. The molecule has 0 aliphatic heterocycles. The molecular formula is C19H26N4OS. The molecule has 0 spiro atoms. The van der Waals surface area contributed by atoms with Crippen LogP contribution >= 0.6 is 11.3 Å². The summed E-state index contributed by atoms with van der Waals surface area (Å²) in [6, 6.07) is 3.88. The lowest BCUT2D eigenvalue weighted by Crippen LogP contribution is -2.36.